The Morgan fingerprint density at radius 1 is 1.47 bits per heavy atom. The van der Waals surface area contributed by atoms with E-state index in [1.54, 1.807) is 6.07 Å². The lowest BCUT2D eigenvalue weighted by Gasteiger charge is -2.11. The van der Waals surface area contributed by atoms with Gasteiger partial charge in [0.2, 0.25) is 5.91 Å². The van der Waals surface area contributed by atoms with E-state index in [4.69, 9.17) is 11.6 Å². The summed E-state index contributed by atoms with van der Waals surface area (Å²) in [7, 11) is 0. The average Bonchev–Trinajstić information content (AvgIpc) is 2.27. The zero-order valence-electron chi connectivity index (χ0n) is 8.73. The van der Waals surface area contributed by atoms with Gasteiger partial charge in [0.15, 0.2) is 0 Å². The Balaban J connectivity index is 2.47. The van der Waals surface area contributed by atoms with E-state index in [0.717, 1.165) is 16.9 Å². The molecule has 4 heteroatoms. The van der Waals surface area contributed by atoms with Gasteiger partial charge in [0, 0.05) is 11.6 Å². The minimum atomic E-state index is -0.0319. The van der Waals surface area contributed by atoms with E-state index in [1.165, 1.54) is 0 Å². The topological polar surface area (TPSA) is 41.1 Å². The molecule has 15 heavy (non-hydrogen) atoms. The van der Waals surface area contributed by atoms with Gasteiger partial charge in [-0.3, -0.25) is 4.79 Å². The average molecular weight is 225 g/mol. The molecule has 0 saturated carbocycles. The summed E-state index contributed by atoms with van der Waals surface area (Å²) in [5, 5.41) is 6.77. The highest BCUT2D eigenvalue weighted by atomic mass is 35.5. The summed E-state index contributed by atoms with van der Waals surface area (Å²) < 4.78 is 0. The minimum absolute atomic E-state index is 0.0305. The molecular formula is C11H13ClN2O. The van der Waals surface area contributed by atoms with Crippen LogP contribution in [0.25, 0.3) is 0 Å². The van der Waals surface area contributed by atoms with E-state index >= 15 is 0 Å². The van der Waals surface area contributed by atoms with Gasteiger partial charge in [-0.25, -0.2) is 0 Å². The number of hydrogen-bond acceptors (Lipinski definition) is 2. The van der Waals surface area contributed by atoms with Crippen molar-refractivity contribution in [3.63, 3.8) is 0 Å². The van der Waals surface area contributed by atoms with Crippen LogP contribution in [0.3, 0.4) is 0 Å². The lowest BCUT2D eigenvalue weighted by atomic mass is 10.1. The highest BCUT2D eigenvalue weighted by molar-refractivity contribution is 6.31. The van der Waals surface area contributed by atoms with Crippen molar-refractivity contribution >= 4 is 28.9 Å². The van der Waals surface area contributed by atoms with Crippen molar-refractivity contribution < 1.29 is 4.79 Å². The summed E-state index contributed by atoms with van der Waals surface area (Å²) >= 11 is 5.94. The first kappa shape index (κ1) is 10.3. The third-order valence-corrected chi connectivity index (χ3v) is 2.81. The molecule has 0 aromatic heterocycles. The van der Waals surface area contributed by atoms with Crippen LogP contribution in [0.1, 0.15) is 12.5 Å². The molecule has 0 spiro atoms. The summed E-state index contributed by atoms with van der Waals surface area (Å²) in [5.41, 5.74) is 2.79. The Morgan fingerprint density at radius 3 is 2.93 bits per heavy atom. The smallest absolute Gasteiger partial charge is 0.229 e. The highest BCUT2D eigenvalue weighted by Gasteiger charge is 2.20. The van der Waals surface area contributed by atoms with Gasteiger partial charge >= 0.3 is 0 Å². The first-order valence-corrected chi connectivity index (χ1v) is 5.30. The number of hydrogen-bond donors (Lipinski definition) is 2. The van der Waals surface area contributed by atoms with Crippen LogP contribution >= 0.6 is 11.6 Å². The summed E-state index contributed by atoms with van der Waals surface area (Å²) in [6.07, 6.45) is 0. The molecule has 2 rings (SSSR count). The van der Waals surface area contributed by atoms with Crippen molar-refractivity contribution in [1.29, 1.82) is 0 Å². The van der Waals surface area contributed by atoms with E-state index in [-0.39, 0.29) is 11.8 Å². The molecule has 0 saturated heterocycles. The minimum Gasteiger partial charge on any atom is -0.382 e. The first-order valence-electron chi connectivity index (χ1n) is 4.93. The summed E-state index contributed by atoms with van der Waals surface area (Å²) in [5.74, 6) is -0.00140. The largest absolute Gasteiger partial charge is 0.382 e. The number of amides is 1. The van der Waals surface area contributed by atoms with Crippen LogP contribution in [-0.4, -0.2) is 12.5 Å². The third-order valence-electron chi connectivity index (χ3n) is 2.59. The fourth-order valence-corrected chi connectivity index (χ4v) is 1.95. The molecule has 1 aromatic carbocycles. The van der Waals surface area contributed by atoms with Crippen molar-refractivity contribution in [1.82, 2.24) is 0 Å². The number of benzene rings is 1. The van der Waals surface area contributed by atoms with Crippen molar-refractivity contribution in [2.75, 3.05) is 17.2 Å². The fourth-order valence-electron chi connectivity index (χ4n) is 1.68. The second-order valence-electron chi connectivity index (χ2n) is 3.92. The summed E-state index contributed by atoms with van der Waals surface area (Å²) in [6, 6.07) is 3.66. The summed E-state index contributed by atoms with van der Waals surface area (Å²) in [6.45, 7) is 4.52. The second-order valence-corrected chi connectivity index (χ2v) is 4.35. The zero-order valence-corrected chi connectivity index (χ0v) is 9.48. The van der Waals surface area contributed by atoms with E-state index in [9.17, 15) is 4.79 Å². The molecule has 1 aliphatic rings. The maximum Gasteiger partial charge on any atom is 0.229 e. The van der Waals surface area contributed by atoms with Gasteiger partial charge in [0.05, 0.1) is 17.3 Å². The number of carbonyl (C=O) groups excluding carboxylic acids is 1. The Kier molecular flexibility index (Phi) is 2.57. The van der Waals surface area contributed by atoms with Crippen LogP contribution in [-0.2, 0) is 4.79 Å². The normalized spacial score (nSPS) is 19.9. The molecule has 0 radical (unpaired) electrons. The molecule has 1 heterocycles. The van der Waals surface area contributed by atoms with Crippen LogP contribution in [0.5, 0.6) is 0 Å². The Bertz CT molecular complexity index is 417. The van der Waals surface area contributed by atoms with Crippen LogP contribution < -0.4 is 10.6 Å². The monoisotopic (exact) mass is 224 g/mol. The number of aryl methyl sites for hydroxylation is 1. The van der Waals surface area contributed by atoms with Crippen molar-refractivity contribution in [2.24, 2.45) is 5.92 Å². The number of fused-ring (bicyclic) bond motifs is 1. The Labute approximate surface area is 93.8 Å². The van der Waals surface area contributed by atoms with Crippen LogP contribution in [0.4, 0.5) is 11.4 Å². The quantitative estimate of drug-likeness (QED) is 0.712. The highest BCUT2D eigenvalue weighted by Crippen LogP contribution is 2.32. The predicted octanol–water partition coefficient (Wildman–Crippen LogP) is 2.65. The zero-order chi connectivity index (χ0) is 11.0. The van der Waals surface area contributed by atoms with E-state index in [0.29, 0.717) is 11.6 Å². The van der Waals surface area contributed by atoms with E-state index in [2.05, 4.69) is 10.6 Å². The molecule has 1 amide bonds. The first-order chi connectivity index (χ1) is 7.08. The van der Waals surface area contributed by atoms with Gasteiger partial charge in [0.25, 0.3) is 0 Å². The van der Waals surface area contributed by atoms with Crippen LogP contribution in [0, 0.1) is 12.8 Å². The maximum absolute atomic E-state index is 11.6. The van der Waals surface area contributed by atoms with Gasteiger partial charge in [-0.2, -0.15) is 0 Å². The predicted molar refractivity (Wildman–Crippen MR) is 62.5 cm³/mol. The van der Waals surface area contributed by atoms with E-state index < -0.39 is 0 Å². The molecule has 0 bridgehead atoms. The van der Waals surface area contributed by atoms with Gasteiger partial charge < -0.3 is 10.6 Å². The molecule has 1 atom stereocenters. The molecule has 2 N–H and O–H groups in total. The Morgan fingerprint density at radius 2 is 2.20 bits per heavy atom. The Hall–Kier alpha value is -1.22. The molecule has 1 aliphatic heterocycles. The standard InChI is InChI=1S/C11H13ClN2O/c1-6-3-8(12)4-9-10(6)13-5-7(2)11(15)14-9/h3-4,7,13H,5H2,1-2H3,(H,14,15). The lowest BCUT2D eigenvalue weighted by molar-refractivity contribution is -0.118. The van der Waals surface area contributed by atoms with Crippen LogP contribution in [0.2, 0.25) is 5.02 Å². The molecule has 3 nitrogen and oxygen atoms in total. The maximum atomic E-state index is 11.6. The van der Waals surface area contributed by atoms with Gasteiger partial charge in [0.1, 0.15) is 0 Å². The van der Waals surface area contributed by atoms with E-state index in [1.807, 2.05) is 19.9 Å². The number of rotatable bonds is 0. The molecule has 0 aliphatic carbocycles. The molecule has 0 fully saturated rings. The molecule has 1 unspecified atom stereocenters. The number of nitrogens with one attached hydrogen (secondary N) is 2. The lowest BCUT2D eigenvalue weighted by Crippen LogP contribution is -2.22. The fraction of sp³-hybridized carbons (Fsp3) is 0.364. The molecular weight excluding hydrogens is 212 g/mol. The molecule has 80 valence electrons. The van der Waals surface area contributed by atoms with Gasteiger partial charge in [-0.15, -0.1) is 0 Å². The third kappa shape index (κ3) is 1.92. The number of carbonyl (C=O) groups is 1. The second kappa shape index (κ2) is 3.74. The summed E-state index contributed by atoms with van der Waals surface area (Å²) in [4.78, 5) is 11.6. The van der Waals surface area contributed by atoms with Crippen molar-refractivity contribution in [3.8, 4) is 0 Å². The van der Waals surface area contributed by atoms with Gasteiger partial charge in [-0.1, -0.05) is 18.5 Å². The van der Waals surface area contributed by atoms with Crippen molar-refractivity contribution in [2.45, 2.75) is 13.8 Å². The van der Waals surface area contributed by atoms with Gasteiger partial charge in [-0.05, 0) is 24.6 Å². The molecule has 1 aromatic rings. The van der Waals surface area contributed by atoms with Crippen molar-refractivity contribution in [3.05, 3.63) is 22.7 Å². The number of halogens is 1. The van der Waals surface area contributed by atoms with Crippen LogP contribution in [0.15, 0.2) is 12.1 Å². The number of anilines is 2. The SMILES string of the molecule is Cc1cc(Cl)cc2c1NCC(C)C(=O)N2.